The van der Waals surface area contributed by atoms with Crippen molar-refractivity contribution in [3.05, 3.63) is 52.0 Å². The van der Waals surface area contributed by atoms with Gasteiger partial charge in [-0.15, -0.1) is 0 Å². The molecule has 2 aliphatic heterocycles. The Labute approximate surface area is 236 Å². The summed E-state index contributed by atoms with van der Waals surface area (Å²) in [6.45, 7) is 7.80. The van der Waals surface area contributed by atoms with Gasteiger partial charge in [-0.3, -0.25) is 14.5 Å². The average molecular weight is 561 g/mol. The van der Waals surface area contributed by atoms with Gasteiger partial charge in [0.25, 0.3) is 0 Å². The Morgan fingerprint density at radius 1 is 0.947 bits per heavy atom. The second kappa shape index (κ2) is 14.2. The number of ketones is 1. The summed E-state index contributed by atoms with van der Waals surface area (Å²) in [7, 11) is 0. The number of halogens is 2. The molecule has 8 heteroatoms. The number of anilines is 2. The highest BCUT2D eigenvalue weighted by molar-refractivity contribution is 6.43. The number of carbonyl (C=O) groups is 2. The van der Waals surface area contributed by atoms with Crippen LogP contribution in [0.1, 0.15) is 57.4 Å². The van der Waals surface area contributed by atoms with Crippen molar-refractivity contribution in [1.82, 2.24) is 4.90 Å². The molecule has 206 valence electrons. The van der Waals surface area contributed by atoms with Crippen molar-refractivity contribution in [2.45, 2.75) is 58.3 Å². The fourth-order valence-corrected chi connectivity index (χ4v) is 5.60. The molecule has 0 spiro atoms. The summed E-state index contributed by atoms with van der Waals surface area (Å²) < 4.78 is 6.05. The van der Waals surface area contributed by atoms with Gasteiger partial charge in [-0.2, -0.15) is 0 Å². The molecule has 0 saturated carbocycles. The largest absolute Gasteiger partial charge is 0.494 e. The van der Waals surface area contributed by atoms with E-state index in [1.54, 1.807) is 4.90 Å². The van der Waals surface area contributed by atoms with E-state index in [9.17, 15) is 9.59 Å². The van der Waals surface area contributed by atoms with Gasteiger partial charge in [0.05, 0.1) is 34.6 Å². The standard InChI is InChI=1S/C30H39Cl2N3O3/c1-2-3-4-8-24(36)22-35-28-21-25(13-11-23(28)12-14-29(35)37)38-20-6-5-15-33-16-18-34(19-17-33)27-10-7-9-26(31)30(27)32/h7,9-11,13,21H,2-6,8,12,14-20,22H2,1H3. The van der Waals surface area contributed by atoms with Crippen LogP contribution in [0, 0.1) is 0 Å². The predicted octanol–water partition coefficient (Wildman–Crippen LogP) is 6.40. The number of amides is 1. The number of nitrogens with zero attached hydrogens (tertiary/aromatic N) is 3. The Kier molecular flexibility index (Phi) is 10.7. The first-order valence-corrected chi connectivity index (χ1v) is 14.7. The third kappa shape index (κ3) is 7.64. The van der Waals surface area contributed by atoms with Crippen molar-refractivity contribution in [1.29, 1.82) is 0 Å². The molecule has 1 amide bonds. The number of hydrogen-bond donors (Lipinski definition) is 0. The van der Waals surface area contributed by atoms with Gasteiger partial charge in [-0.25, -0.2) is 0 Å². The van der Waals surface area contributed by atoms with Crippen molar-refractivity contribution in [3.8, 4) is 5.75 Å². The van der Waals surface area contributed by atoms with Crippen LogP contribution in [0.15, 0.2) is 36.4 Å². The molecule has 0 radical (unpaired) electrons. The quantitative estimate of drug-likeness (QED) is 0.265. The molecule has 0 unspecified atom stereocenters. The second-order valence-electron chi connectivity index (χ2n) is 10.2. The number of aryl methyl sites for hydroxylation is 1. The maximum Gasteiger partial charge on any atom is 0.227 e. The molecule has 2 aliphatic rings. The number of hydrogen-bond acceptors (Lipinski definition) is 5. The minimum absolute atomic E-state index is 0.0243. The fourth-order valence-electron chi connectivity index (χ4n) is 5.18. The van der Waals surface area contributed by atoms with E-state index in [2.05, 4.69) is 16.7 Å². The lowest BCUT2D eigenvalue weighted by Gasteiger charge is -2.36. The lowest BCUT2D eigenvalue weighted by molar-refractivity contribution is -0.123. The number of ether oxygens (including phenoxy) is 1. The molecule has 6 nitrogen and oxygen atoms in total. The fraction of sp³-hybridized carbons (Fsp3) is 0.533. The Morgan fingerprint density at radius 2 is 1.76 bits per heavy atom. The Bertz CT molecular complexity index is 1100. The van der Waals surface area contributed by atoms with Crippen LogP contribution in [0.4, 0.5) is 11.4 Å². The molecular weight excluding hydrogens is 521 g/mol. The van der Waals surface area contributed by atoms with Crippen LogP contribution in [0.2, 0.25) is 10.0 Å². The molecule has 0 atom stereocenters. The molecule has 0 bridgehead atoms. The maximum atomic E-state index is 12.6. The minimum atomic E-state index is 0.0243. The highest BCUT2D eigenvalue weighted by atomic mass is 35.5. The summed E-state index contributed by atoms with van der Waals surface area (Å²) >= 11 is 12.6. The molecular formula is C30H39Cl2N3O3. The summed E-state index contributed by atoms with van der Waals surface area (Å²) in [5.41, 5.74) is 2.95. The van der Waals surface area contributed by atoms with Crippen LogP contribution < -0.4 is 14.5 Å². The highest BCUT2D eigenvalue weighted by Crippen LogP contribution is 2.33. The van der Waals surface area contributed by atoms with E-state index in [4.69, 9.17) is 27.9 Å². The average Bonchev–Trinajstić information content (AvgIpc) is 2.92. The predicted molar refractivity (Wildman–Crippen MR) is 156 cm³/mol. The Balaban J connectivity index is 1.20. The number of benzene rings is 2. The van der Waals surface area contributed by atoms with Crippen LogP contribution in [-0.2, 0) is 16.0 Å². The first-order chi connectivity index (χ1) is 18.5. The van der Waals surface area contributed by atoms with E-state index in [1.807, 2.05) is 36.4 Å². The lowest BCUT2D eigenvalue weighted by atomic mass is 10.00. The molecule has 1 fully saturated rings. The van der Waals surface area contributed by atoms with E-state index < -0.39 is 0 Å². The first kappa shape index (κ1) is 28.7. The third-order valence-corrected chi connectivity index (χ3v) is 8.24. The minimum Gasteiger partial charge on any atom is -0.494 e. The number of rotatable bonds is 13. The number of Topliss-reactive ketones (excluding diaryl/α,β-unsaturated/α-hetero) is 1. The van der Waals surface area contributed by atoms with Crippen LogP contribution >= 0.6 is 23.2 Å². The lowest BCUT2D eigenvalue weighted by Crippen LogP contribution is -2.46. The topological polar surface area (TPSA) is 53.1 Å². The van der Waals surface area contributed by atoms with Gasteiger partial charge < -0.3 is 14.5 Å². The molecule has 2 heterocycles. The third-order valence-electron chi connectivity index (χ3n) is 7.43. The first-order valence-electron chi connectivity index (χ1n) is 14.0. The SMILES string of the molecule is CCCCCC(=O)CN1C(=O)CCc2ccc(OCCCCN3CCN(c4cccc(Cl)c4Cl)CC3)cc21. The number of carbonyl (C=O) groups excluding carboxylic acids is 2. The summed E-state index contributed by atoms with van der Waals surface area (Å²) in [6, 6.07) is 11.8. The van der Waals surface area contributed by atoms with Gasteiger partial charge in [0.2, 0.25) is 5.91 Å². The molecule has 2 aromatic rings. The molecule has 0 aromatic heterocycles. The summed E-state index contributed by atoms with van der Waals surface area (Å²) in [6.07, 6.45) is 6.72. The highest BCUT2D eigenvalue weighted by Gasteiger charge is 2.26. The van der Waals surface area contributed by atoms with E-state index in [-0.39, 0.29) is 18.2 Å². The molecule has 0 N–H and O–H groups in total. The van der Waals surface area contributed by atoms with Crippen LogP contribution in [-0.4, -0.2) is 62.5 Å². The maximum absolute atomic E-state index is 12.6. The molecule has 0 aliphatic carbocycles. The van der Waals surface area contributed by atoms with E-state index >= 15 is 0 Å². The van der Waals surface area contributed by atoms with Crippen molar-refractivity contribution in [3.63, 3.8) is 0 Å². The molecule has 2 aromatic carbocycles. The Morgan fingerprint density at radius 3 is 2.55 bits per heavy atom. The van der Waals surface area contributed by atoms with Gasteiger partial charge >= 0.3 is 0 Å². The summed E-state index contributed by atoms with van der Waals surface area (Å²) in [5.74, 6) is 0.910. The molecule has 1 saturated heterocycles. The van der Waals surface area contributed by atoms with Crippen molar-refractivity contribution in [2.75, 3.05) is 55.7 Å². The normalized spacial score (nSPS) is 16.0. The summed E-state index contributed by atoms with van der Waals surface area (Å²) in [5, 5.41) is 1.23. The van der Waals surface area contributed by atoms with E-state index in [1.165, 1.54) is 0 Å². The van der Waals surface area contributed by atoms with Crippen molar-refractivity contribution < 1.29 is 14.3 Å². The second-order valence-corrected chi connectivity index (χ2v) is 11.0. The van der Waals surface area contributed by atoms with Crippen molar-refractivity contribution >= 4 is 46.3 Å². The van der Waals surface area contributed by atoms with Crippen LogP contribution in [0.25, 0.3) is 0 Å². The number of unbranched alkanes of at least 4 members (excludes halogenated alkanes) is 3. The molecule has 4 rings (SSSR count). The number of piperazine rings is 1. The smallest absolute Gasteiger partial charge is 0.227 e. The number of fused-ring (bicyclic) bond motifs is 1. The van der Waals surface area contributed by atoms with Crippen LogP contribution in [0.3, 0.4) is 0 Å². The van der Waals surface area contributed by atoms with E-state index in [0.29, 0.717) is 35.9 Å². The zero-order valence-electron chi connectivity index (χ0n) is 22.4. The van der Waals surface area contributed by atoms with Crippen LogP contribution in [0.5, 0.6) is 5.75 Å². The zero-order valence-corrected chi connectivity index (χ0v) is 23.9. The monoisotopic (exact) mass is 559 g/mol. The van der Waals surface area contributed by atoms with E-state index in [0.717, 1.165) is 87.5 Å². The van der Waals surface area contributed by atoms with Gasteiger partial charge in [-0.1, -0.05) is 55.1 Å². The van der Waals surface area contributed by atoms with Gasteiger partial charge in [0.15, 0.2) is 5.78 Å². The Hall–Kier alpha value is -2.28. The molecule has 38 heavy (non-hydrogen) atoms. The van der Waals surface area contributed by atoms with Crippen molar-refractivity contribution in [2.24, 2.45) is 0 Å². The van der Waals surface area contributed by atoms with Gasteiger partial charge in [-0.05, 0) is 56.0 Å². The van der Waals surface area contributed by atoms with Gasteiger partial charge in [0, 0.05) is 45.1 Å². The summed E-state index contributed by atoms with van der Waals surface area (Å²) in [4.78, 5) is 31.6. The zero-order chi connectivity index (χ0) is 26.9. The van der Waals surface area contributed by atoms with Gasteiger partial charge in [0.1, 0.15) is 5.75 Å².